The first-order valence-corrected chi connectivity index (χ1v) is 9.52. The van der Waals surface area contributed by atoms with Crippen LogP contribution in [0.25, 0.3) is 33.9 Å². The van der Waals surface area contributed by atoms with Gasteiger partial charge in [0.2, 0.25) is 11.8 Å². The van der Waals surface area contributed by atoms with Crippen LogP contribution in [0, 0.1) is 0 Å². The van der Waals surface area contributed by atoms with Gasteiger partial charge in [0.25, 0.3) is 0 Å². The van der Waals surface area contributed by atoms with Gasteiger partial charge in [-0.15, -0.1) is 10.2 Å². The summed E-state index contributed by atoms with van der Waals surface area (Å²) in [5, 5.41) is 10.8. The molecule has 3 heteroatoms. The quantitative estimate of drug-likeness (QED) is 0.389. The Kier molecular flexibility index (Phi) is 6.18. The van der Waals surface area contributed by atoms with Crippen LogP contribution in [0.4, 0.5) is 0 Å². The molecule has 0 aliphatic heterocycles. The van der Waals surface area contributed by atoms with Crippen LogP contribution in [-0.4, -0.2) is 10.2 Å². The molecule has 1 heterocycles. The molecule has 0 saturated carbocycles. The highest BCUT2D eigenvalue weighted by Gasteiger charge is 2.16. The number of hydrogen-bond acceptors (Lipinski definition) is 3. The standard InChI is InChI=1S/C23H18N2O.C2H6/c1-3-16-10-5-7-13-19(16)18(4-2)22-24-25-23(26-22)21-15-9-12-17-11-6-8-14-20(17)21;1-2/h3-15H,1H2,2H3;1-2H3/b18-4+;. The van der Waals surface area contributed by atoms with Crippen molar-refractivity contribution in [2.45, 2.75) is 20.8 Å². The van der Waals surface area contributed by atoms with Crippen molar-refractivity contribution in [2.75, 3.05) is 0 Å². The van der Waals surface area contributed by atoms with Gasteiger partial charge in [-0.25, -0.2) is 0 Å². The Morgan fingerprint density at radius 3 is 2.39 bits per heavy atom. The fourth-order valence-electron chi connectivity index (χ4n) is 3.17. The highest BCUT2D eigenvalue weighted by Crippen LogP contribution is 2.31. The molecule has 28 heavy (non-hydrogen) atoms. The molecule has 0 N–H and O–H groups in total. The number of aromatic nitrogens is 2. The van der Waals surface area contributed by atoms with Gasteiger partial charge >= 0.3 is 0 Å². The minimum absolute atomic E-state index is 0.504. The zero-order valence-electron chi connectivity index (χ0n) is 16.5. The lowest BCUT2D eigenvalue weighted by atomic mass is 9.99. The number of hydrogen-bond donors (Lipinski definition) is 0. The lowest BCUT2D eigenvalue weighted by Crippen LogP contribution is -1.91. The molecule has 0 bridgehead atoms. The number of benzene rings is 3. The summed E-state index contributed by atoms with van der Waals surface area (Å²) < 4.78 is 6.06. The molecule has 0 spiro atoms. The van der Waals surface area contributed by atoms with Crippen molar-refractivity contribution in [1.82, 2.24) is 10.2 Å². The van der Waals surface area contributed by atoms with Crippen molar-refractivity contribution >= 4 is 22.4 Å². The Morgan fingerprint density at radius 1 is 0.893 bits per heavy atom. The predicted octanol–water partition coefficient (Wildman–Crippen LogP) is 7.01. The topological polar surface area (TPSA) is 38.9 Å². The fraction of sp³-hybridized carbons (Fsp3) is 0.120. The Balaban J connectivity index is 0.00000109. The molecule has 0 aliphatic carbocycles. The highest BCUT2D eigenvalue weighted by atomic mass is 16.4. The van der Waals surface area contributed by atoms with E-state index in [9.17, 15) is 0 Å². The molecule has 4 aromatic rings. The molecule has 0 unspecified atom stereocenters. The third-order valence-electron chi connectivity index (χ3n) is 4.44. The number of rotatable bonds is 4. The van der Waals surface area contributed by atoms with Crippen molar-refractivity contribution in [3.8, 4) is 11.5 Å². The number of allylic oxidation sites excluding steroid dienone is 1. The predicted molar refractivity (Wildman–Crippen MR) is 118 cm³/mol. The average molecular weight is 368 g/mol. The van der Waals surface area contributed by atoms with Crippen LogP contribution < -0.4 is 0 Å². The van der Waals surface area contributed by atoms with Crippen molar-refractivity contribution in [3.63, 3.8) is 0 Å². The van der Waals surface area contributed by atoms with E-state index >= 15 is 0 Å². The summed E-state index contributed by atoms with van der Waals surface area (Å²) in [4.78, 5) is 0. The molecular weight excluding hydrogens is 344 g/mol. The number of nitrogens with zero attached hydrogens (tertiary/aromatic N) is 2. The van der Waals surface area contributed by atoms with Gasteiger partial charge in [0, 0.05) is 11.1 Å². The van der Waals surface area contributed by atoms with E-state index in [-0.39, 0.29) is 0 Å². The first kappa shape index (κ1) is 19.3. The molecular formula is C25H24N2O. The molecule has 0 amide bonds. The van der Waals surface area contributed by atoms with E-state index < -0.39 is 0 Å². The third-order valence-corrected chi connectivity index (χ3v) is 4.44. The minimum atomic E-state index is 0.504. The van der Waals surface area contributed by atoms with Crippen LogP contribution in [0.2, 0.25) is 0 Å². The molecule has 1 aromatic heterocycles. The largest absolute Gasteiger partial charge is 0.416 e. The van der Waals surface area contributed by atoms with E-state index in [1.807, 2.05) is 81.5 Å². The zero-order chi connectivity index (χ0) is 19.9. The van der Waals surface area contributed by atoms with E-state index in [1.54, 1.807) is 0 Å². The van der Waals surface area contributed by atoms with Gasteiger partial charge in [0.05, 0.1) is 0 Å². The van der Waals surface area contributed by atoms with Crippen molar-refractivity contribution in [1.29, 1.82) is 0 Å². The summed E-state index contributed by atoms with van der Waals surface area (Å²) in [6.45, 7) is 9.86. The summed E-state index contributed by atoms with van der Waals surface area (Å²) in [5.74, 6) is 1.02. The van der Waals surface area contributed by atoms with E-state index in [2.05, 4.69) is 35.0 Å². The maximum Gasteiger partial charge on any atom is 0.248 e. The average Bonchev–Trinajstić information content (AvgIpc) is 3.25. The van der Waals surface area contributed by atoms with E-state index in [4.69, 9.17) is 4.42 Å². The number of fused-ring (bicyclic) bond motifs is 1. The summed E-state index contributed by atoms with van der Waals surface area (Å²) in [5.41, 5.74) is 3.90. The maximum atomic E-state index is 6.06. The van der Waals surface area contributed by atoms with Gasteiger partial charge < -0.3 is 4.42 Å². The Labute approximate surface area is 166 Å². The lowest BCUT2D eigenvalue weighted by Gasteiger charge is -2.07. The first-order valence-electron chi connectivity index (χ1n) is 9.52. The summed E-state index contributed by atoms with van der Waals surface area (Å²) in [7, 11) is 0. The van der Waals surface area contributed by atoms with E-state index in [0.29, 0.717) is 11.8 Å². The fourth-order valence-corrected chi connectivity index (χ4v) is 3.17. The van der Waals surface area contributed by atoms with Crippen molar-refractivity contribution in [2.24, 2.45) is 0 Å². The Hall–Kier alpha value is -3.46. The molecule has 0 saturated heterocycles. The van der Waals surface area contributed by atoms with E-state index in [1.165, 1.54) is 0 Å². The molecule has 0 fully saturated rings. The molecule has 3 nitrogen and oxygen atoms in total. The summed E-state index contributed by atoms with van der Waals surface area (Å²) in [6.07, 6.45) is 3.82. The van der Waals surface area contributed by atoms with Crippen molar-refractivity contribution < 1.29 is 4.42 Å². The second-order valence-corrected chi connectivity index (χ2v) is 5.93. The molecule has 4 rings (SSSR count). The SMILES string of the molecule is C=Cc1ccccc1/C(=C\C)c1nnc(-c2cccc3ccccc23)o1.CC. The van der Waals surface area contributed by atoms with Gasteiger partial charge in [-0.2, -0.15) is 0 Å². The Bertz CT molecular complexity index is 1120. The van der Waals surface area contributed by atoms with Crippen LogP contribution in [0.3, 0.4) is 0 Å². The van der Waals surface area contributed by atoms with Crippen molar-refractivity contribution in [3.05, 3.63) is 96.4 Å². The summed E-state index contributed by atoms with van der Waals surface area (Å²) >= 11 is 0. The minimum Gasteiger partial charge on any atom is -0.416 e. The van der Waals surface area contributed by atoms with Gasteiger partial charge in [0.15, 0.2) is 0 Å². The maximum absolute atomic E-state index is 6.06. The van der Waals surface area contributed by atoms with Gasteiger partial charge in [0.1, 0.15) is 0 Å². The zero-order valence-corrected chi connectivity index (χ0v) is 16.5. The van der Waals surface area contributed by atoms with Crippen LogP contribution >= 0.6 is 0 Å². The van der Waals surface area contributed by atoms with Crippen LogP contribution in [0.5, 0.6) is 0 Å². The summed E-state index contributed by atoms with van der Waals surface area (Å²) in [6, 6.07) is 22.3. The smallest absolute Gasteiger partial charge is 0.248 e. The molecule has 0 aliphatic rings. The molecule has 3 aromatic carbocycles. The molecule has 0 radical (unpaired) electrons. The monoisotopic (exact) mass is 368 g/mol. The van der Waals surface area contributed by atoms with Crippen LogP contribution in [-0.2, 0) is 0 Å². The van der Waals surface area contributed by atoms with Crippen LogP contribution in [0.15, 0.2) is 83.8 Å². The third kappa shape index (κ3) is 3.65. The van der Waals surface area contributed by atoms with E-state index in [0.717, 1.165) is 33.0 Å². The van der Waals surface area contributed by atoms with Crippen LogP contribution in [0.1, 0.15) is 37.8 Å². The van der Waals surface area contributed by atoms with Gasteiger partial charge in [-0.05, 0) is 34.9 Å². The van der Waals surface area contributed by atoms with Gasteiger partial charge in [-0.3, -0.25) is 0 Å². The molecule has 0 atom stereocenters. The normalized spacial score (nSPS) is 11.0. The first-order chi connectivity index (χ1) is 13.8. The Morgan fingerprint density at radius 2 is 1.61 bits per heavy atom. The second kappa shape index (κ2) is 8.96. The van der Waals surface area contributed by atoms with Gasteiger partial charge in [-0.1, -0.05) is 93.2 Å². The second-order valence-electron chi connectivity index (χ2n) is 5.93. The lowest BCUT2D eigenvalue weighted by molar-refractivity contribution is 0.554. The molecule has 140 valence electrons. The highest BCUT2D eigenvalue weighted by molar-refractivity contribution is 5.94.